The molecule has 22 heavy (non-hydrogen) atoms. The van der Waals surface area contributed by atoms with Gasteiger partial charge in [-0.25, -0.2) is 0 Å². The highest BCUT2D eigenvalue weighted by atomic mass is 79.9. The van der Waals surface area contributed by atoms with E-state index in [0.717, 1.165) is 21.3 Å². The molecule has 0 aliphatic carbocycles. The zero-order valence-corrected chi connectivity index (χ0v) is 14.4. The fourth-order valence-corrected chi connectivity index (χ4v) is 2.48. The molecule has 0 radical (unpaired) electrons. The van der Waals surface area contributed by atoms with Gasteiger partial charge < -0.3 is 14.8 Å². The molecule has 0 saturated heterocycles. The predicted octanol–water partition coefficient (Wildman–Crippen LogP) is 3.96. The van der Waals surface area contributed by atoms with Gasteiger partial charge in [0, 0.05) is 10.2 Å². The Balaban J connectivity index is 2.10. The van der Waals surface area contributed by atoms with E-state index in [1.54, 1.807) is 20.3 Å². The number of hydrogen-bond donors (Lipinski definition) is 1. The SMILES string of the molecule is COc1ccc(CC(=O)Nc2cccc(Br)c2C)cc1OC. The van der Waals surface area contributed by atoms with E-state index in [0.29, 0.717) is 11.5 Å². The molecular formula is C17H18BrNO3. The minimum Gasteiger partial charge on any atom is -0.493 e. The summed E-state index contributed by atoms with van der Waals surface area (Å²) >= 11 is 3.46. The molecule has 2 aromatic carbocycles. The number of carbonyl (C=O) groups excluding carboxylic acids is 1. The second-order valence-corrected chi connectivity index (χ2v) is 5.68. The Morgan fingerprint density at radius 1 is 1.14 bits per heavy atom. The van der Waals surface area contributed by atoms with Gasteiger partial charge in [-0.3, -0.25) is 4.79 Å². The maximum absolute atomic E-state index is 12.2. The zero-order chi connectivity index (χ0) is 16.1. The van der Waals surface area contributed by atoms with E-state index in [1.165, 1.54) is 0 Å². The Hall–Kier alpha value is -2.01. The normalized spacial score (nSPS) is 10.2. The summed E-state index contributed by atoms with van der Waals surface area (Å²) < 4.78 is 11.4. The summed E-state index contributed by atoms with van der Waals surface area (Å²) in [5.74, 6) is 1.19. The fraction of sp³-hybridized carbons (Fsp3) is 0.235. The molecule has 0 fully saturated rings. The van der Waals surface area contributed by atoms with Crippen molar-refractivity contribution in [3.63, 3.8) is 0 Å². The van der Waals surface area contributed by atoms with Crippen molar-refractivity contribution in [2.45, 2.75) is 13.3 Å². The van der Waals surface area contributed by atoms with E-state index in [9.17, 15) is 4.79 Å². The van der Waals surface area contributed by atoms with Gasteiger partial charge in [0.2, 0.25) is 5.91 Å². The van der Waals surface area contributed by atoms with Gasteiger partial charge in [-0.2, -0.15) is 0 Å². The first-order valence-electron chi connectivity index (χ1n) is 6.81. The average molecular weight is 364 g/mol. The Labute approximate surface area is 138 Å². The molecule has 0 aliphatic rings. The van der Waals surface area contributed by atoms with Crippen molar-refractivity contribution in [1.29, 1.82) is 0 Å². The Kier molecular flexibility index (Phi) is 5.44. The van der Waals surface area contributed by atoms with Crippen LogP contribution in [0.3, 0.4) is 0 Å². The summed E-state index contributed by atoms with van der Waals surface area (Å²) in [5, 5.41) is 2.92. The number of rotatable bonds is 5. The molecule has 0 aliphatic heterocycles. The number of ether oxygens (including phenoxy) is 2. The third-order valence-electron chi connectivity index (χ3n) is 3.35. The molecule has 0 spiro atoms. The fourth-order valence-electron chi connectivity index (χ4n) is 2.11. The lowest BCUT2D eigenvalue weighted by Crippen LogP contribution is -2.15. The molecule has 0 atom stereocenters. The first-order valence-corrected chi connectivity index (χ1v) is 7.60. The topological polar surface area (TPSA) is 47.6 Å². The minimum atomic E-state index is -0.0755. The number of methoxy groups -OCH3 is 2. The lowest BCUT2D eigenvalue weighted by atomic mass is 10.1. The number of benzene rings is 2. The summed E-state index contributed by atoms with van der Waals surface area (Å²) in [5.41, 5.74) is 2.67. The number of anilines is 1. The molecule has 0 bridgehead atoms. The first-order chi connectivity index (χ1) is 10.5. The number of carbonyl (C=O) groups is 1. The van der Waals surface area contributed by atoms with Crippen molar-refractivity contribution >= 4 is 27.5 Å². The second-order valence-electron chi connectivity index (χ2n) is 4.83. The van der Waals surface area contributed by atoms with Crippen molar-refractivity contribution in [2.75, 3.05) is 19.5 Å². The van der Waals surface area contributed by atoms with Gasteiger partial charge in [-0.1, -0.05) is 28.1 Å². The standard InChI is InChI=1S/C17H18BrNO3/c1-11-13(18)5-4-6-14(11)19-17(20)10-12-7-8-15(21-2)16(9-12)22-3/h4-9H,10H2,1-3H3,(H,19,20). The number of amides is 1. The Morgan fingerprint density at radius 2 is 1.86 bits per heavy atom. The Morgan fingerprint density at radius 3 is 2.55 bits per heavy atom. The summed E-state index contributed by atoms with van der Waals surface area (Å²) in [7, 11) is 3.16. The third kappa shape index (κ3) is 3.80. The largest absolute Gasteiger partial charge is 0.493 e. The van der Waals surface area contributed by atoms with Crippen LogP contribution in [-0.2, 0) is 11.2 Å². The molecule has 0 heterocycles. The van der Waals surface area contributed by atoms with Gasteiger partial charge in [-0.15, -0.1) is 0 Å². The number of nitrogens with one attached hydrogen (secondary N) is 1. The summed E-state index contributed by atoms with van der Waals surface area (Å²) in [6.45, 7) is 1.95. The molecule has 1 amide bonds. The maximum atomic E-state index is 12.2. The van der Waals surface area contributed by atoms with Crippen LogP contribution >= 0.6 is 15.9 Å². The number of halogens is 1. The molecule has 0 unspecified atom stereocenters. The molecule has 2 rings (SSSR count). The van der Waals surface area contributed by atoms with Gasteiger partial charge in [0.25, 0.3) is 0 Å². The predicted molar refractivity (Wildman–Crippen MR) is 90.8 cm³/mol. The molecule has 2 aromatic rings. The minimum absolute atomic E-state index is 0.0755. The van der Waals surface area contributed by atoms with Crippen molar-refractivity contribution in [3.05, 3.63) is 52.0 Å². The van der Waals surface area contributed by atoms with E-state index in [-0.39, 0.29) is 12.3 Å². The van der Waals surface area contributed by atoms with Gasteiger partial charge in [0.05, 0.1) is 20.6 Å². The highest BCUT2D eigenvalue weighted by Crippen LogP contribution is 2.28. The van der Waals surface area contributed by atoms with Crippen LogP contribution in [0.4, 0.5) is 5.69 Å². The van der Waals surface area contributed by atoms with Crippen molar-refractivity contribution in [3.8, 4) is 11.5 Å². The van der Waals surface area contributed by atoms with Gasteiger partial charge in [0.1, 0.15) is 0 Å². The highest BCUT2D eigenvalue weighted by molar-refractivity contribution is 9.10. The summed E-state index contributed by atoms with van der Waals surface area (Å²) in [6, 6.07) is 11.2. The van der Waals surface area contributed by atoms with Crippen LogP contribution in [-0.4, -0.2) is 20.1 Å². The van der Waals surface area contributed by atoms with Crippen LogP contribution in [0.15, 0.2) is 40.9 Å². The van der Waals surface area contributed by atoms with Crippen molar-refractivity contribution in [1.82, 2.24) is 0 Å². The second kappa shape index (κ2) is 7.31. The average Bonchev–Trinajstić information content (AvgIpc) is 2.51. The van der Waals surface area contributed by atoms with Crippen LogP contribution in [0.1, 0.15) is 11.1 Å². The molecule has 116 valence electrons. The monoisotopic (exact) mass is 363 g/mol. The highest BCUT2D eigenvalue weighted by Gasteiger charge is 2.10. The first kappa shape index (κ1) is 16.4. The van der Waals surface area contributed by atoms with Gasteiger partial charge in [-0.05, 0) is 42.3 Å². The maximum Gasteiger partial charge on any atom is 0.228 e. The molecule has 0 aromatic heterocycles. The van der Waals surface area contributed by atoms with E-state index < -0.39 is 0 Å². The summed E-state index contributed by atoms with van der Waals surface area (Å²) in [4.78, 5) is 12.2. The van der Waals surface area contributed by atoms with E-state index in [1.807, 2.05) is 37.3 Å². The van der Waals surface area contributed by atoms with Gasteiger partial charge >= 0.3 is 0 Å². The van der Waals surface area contributed by atoms with Crippen LogP contribution in [0, 0.1) is 6.92 Å². The molecule has 0 saturated carbocycles. The summed E-state index contributed by atoms with van der Waals surface area (Å²) in [6.07, 6.45) is 0.270. The quantitative estimate of drug-likeness (QED) is 0.874. The van der Waals surface area contributed by atoms with Crippen molar-refractivity contribution in [2.24, 2.45) is 0 Å². The molecule has 5 heteroatoms. The number of hydrogen-bond acceptors (Lipinski definition) is 3. The molecular weight excluding hydrogens is 346 g/mol. The van der Waals surface area contributed by atoms with Crippen molar-refractivity contribution < 1.29 is 14.3 Å². The van der Waals surface area contributed by atoms with E-state index in [4.69, 9.17) is 9.47 Å². The lowest BCUT2D eigenvalue weighted by Gasteiger charge is -2.11. The van der Waals surface area contributed by atoms with Gasteiger partial charge in [0.15, 0.2) is 11.5 Å². The lowest BCUT2D eigenvalue weighted by molar-refractivity contribution is -0.115. The molecule has 1 N–H and O–H groups in total. The van der Waals surface area contributed by atoms with Crippen LogP contribution in [0.2, 0.25) is 0 Å². The van der Waals surface area contributed by atoms with Crippen LogP contribution in [0.5, 0.6) is 11.5 Å². The smallest absolute Gasteiger partial charge is 0.228 e. The van der Waals surface area contributed by atoms with E-state index in [2.05, 4.69) is 21.2 Å². The zero-order valence-electron chi connectivity index (χ0n) is 12.8. The third-order valence-corrected chi connectivity index (χ3v) is 4.21. The van der Waals surface area contributed by atoms with E-state index >= 15 is 0 Å². The molecule has 4 nitrogen and oxygen atoms in total. The van der Waals surface area contributed by atoms with Crippen LogP contribution < -0.4 is 14.8 Å². The Bertz CT molecular complexity index is 686. The van der Waals surface area contributed by atoms with Crippen LogP contribution in [0.25, 0.3) is 0 Å².